The number of imide groups is 1. The Kier molecular flexibility index (Phi) is 6.32. The van der Waals surface area contributed by atoms with E-state index in [9.17, 15) is 19.2 Å². The van der Waals surface area contributed by atoms with Gasteiger partial charge in [-0.15, -0.1) is 0 Å². The lowest BCUT2D eigenvalue weighted by Crippen LogP contribution is -2.52. The maximum Gasteiger partial charge on any atom is 0.255 e. The Morgan fingerprint density at radius 2 is 1.91 bits per heavy atom. The molecule has 4 rings (SSSR count). The van der Waals surface area contributed by atoms with Gasteiger partial charge in [0.25, 0.3) is 5.91 Å². The van der Waals surface area contributed by atoms with Crippen LogP contribution in [0.25, 0.3) is 0 Å². The SMILES string of the molecule is NCC(Cc1ccccc1)C(=O)NCc1ccc2c(c1)CN(C1CCC(=O)NC1=O)C2=O. The molecule has 2 aliphatic heterocycles. The lowest BCUT2D eigenvalue weighted by molar-refractivity contribution is -0.137. The van der Waals surface area contributed by atoms with Crippen molar-refractivity contribution in [2.75, 3.05) is 6.54 Å². The van der Waals surface area contributed by atoms with Crippen LogP contribution in [0.15, 0.2) is 48.5 Å². The summed E-state index contributed by atoms with van der Waals surface area (Å²) in [5, 5.41) is 5.24. The van der Waals surface area contributed by atoms with Gasteiger partial charge in [0.15, 0.2) is 0 Å². The number of hydrogen-bond donors (Lipinski definition) is 3. The third-order valence-corrected chi connectivity index (χ3v) is 6.03. The van der Waals surface area contributed by atoms with Gasteiger partial charge in [0.2, 0.25) is 17.7 Å². The molecule has 2 aromatic rings. The van der Waals surface area contributed by atoms with Crippen LogP contribution in [-0.2, 0) is 33.9 Å². The highest BCUT2D eigenvalue weighted by atomic mass is 16.2. The first-order valence-electron chi connectivity index (χ1n) is 10.7. The molecule has 2 unspecified atom stereocenters. The summed E-state index contributed by atoms with van der Waals surface area (Å²) in [5.74, 6) is -1.39. The summed E-state index contributed by atoms with van der Waals surface area (Å²) in [4.78, 5) is 50.5. The van der Waals surface area contributed by atoms with Crippen molar-refractivity contribution in [3.63, 3.8) is 0 Å². The van der Waals surface area contributed by atoms with E-state index in [1.54, 1.807) is 12.1 Å². The number of nitrogens with zero attached hydrogens (tertiary/aromatic N) is 1. The Labute approximate surface area is 186 Å². The molecule has 0 aliphatic carbocycles. The van der Waals surface area contributed by atoms with E-state index in [-0.39, 0.29) is 36.6 Å². The van der Waals surface area contributed by atoms with Crippen molar-refractivity contribution in [3.05, 3.63) is 70.8 Å². The number of carbonyl (C=O) groups excluding carboxylic acids is 4. The maximum atomic E-state index is 12.8. The summed E-state index contributed by atoms with van der Waals surface area (Å²) in [6.45, 7) is 0.881. The highest BCUT2D eigenvalue weighted by Gasteiger charge is 2.39. The first kappa shape index (κ1) is 21.7. The zero-order chi connectivity index (χ0) is 22.7. The minimum atomic E-state index is -0.640. The van der Waals surface area contributed by atoms with Crippen molar-refractivity contribution in [3.8, 4) is 0 Å². The average Bonchev–Trinajstić information content (AvgIpc) is 3.12. The van der Waals surface area contributed by atoms with Crippen LogP contribution < -0.4 is 16.4 Å². The van der Waals surface area contributed by atoms with Crippen LogP contribution in [0.5, 0.6) is 0 Å². The Morgan fingerprint density at radius 3 is 2.62 bits per heavy atom. The Hall–Kier alpha value is -3.52. The number of piperidine rings is 1. The molecule has 2 aliphatic rings. The molecule has 1 fully saturated rings. The second kappa shape index (κ2) is 9.32. The molecule has 0 bridgehead atoms. The van der Waals surface area contributed by atoms with Crippen LogP contribution >= 0.6 is 0 Å². The fourth-order valence-electron chi connectivity index (χ4n) is 4.25. The fraction of sp³-hybridized carbons (Fsp3) is 0.333. The molecule has 32 heavy (non-hydrogen) atoms. The van der Waals surface area contributed by atoms with E-state index in [2.05, 4.69) is 10.6 Å². The first-order valence-corrected chi connectivity index (χ1v) is 10.7. The van der Waals surface area contributed by atoms with Crippen molar-refractivity contribution < 1.29 is 19.2 Å². The van der Waals surface area contributed by atoms with Crippen LogP contribution in [0.2, 0.25) is 0 Å². The molecule has 8 heteroatoms. The topological polar surface area (TPSA) is 122 Å². The van der Waals surface area contributed by atoms with Gasteiger partial charge >= 0.3 is 0 Å². The molecule has 0 spiro atoms. The van der Waals surface area contributed by atoms with E-state index in [0.29, 0.717) is 31.5 Å². The van der Waals surface area contributed by atoms with E-state index < -0.39 is 11.9 Å². The summed E-state index contributed by atoms with van der Waals surface area (Å²) >= 11 is 0. The van der Waals surface area contributed by atoms with E-state index in [0.717, 1.165) is 16.7 Å². The van der Waals surface area contributed by atoms with E-state index in [1.807, 2.05) is 36.4 Å². The van der Waals surface area contributed by atoms with Crippen LogP contribution in [0.3, 0.4) is 0 Å². The molecular weight excluding hydrogens is 408 g/mol. The van der Waals surface area contributed by atoms with Crippen molar-refractivity contribution >= 4 is 23.6 Å². The predicted molar refractivity (Wildman–Crippen MR) is 117 cm³/mol. The van der Waals surface area contributed by atoms with Gasteiger partial charge in [-0.1, -0.05) is 42.5 Å². The minimum absolute atomic E-state index is 0.113. The third kappa shape index (κ3) is 4.55. The maximum absolute atomic E-state index is 12.8. The smallest absolute Gasteiger partial charge is 0.255 e. The predicted octanol–water partition coefficient (Wildman–Crippen LogP) is 0.881. The van der Waals surface area contributed by atoms with Gasteiger partial charge in [-0.2, -0.15) is 0 Å². The fourth-order valence-corrected chi connectivity index (χ4v) is 4.25. The number of benzene rings is 2. The lowest BCUT2D eigenvalue weighted by atomic mass is 9.98. The minimum Gasteiger partial charge on any atom is -0.352 e. The van der Waals surface area contributed by atoms with Gasteiger partial charge in [-0.05, 0) is 35.6 Å². The van der Waals surface area contributed by atoms with Crippen LogP contribution in [0.4, 0.5) is 0 Å². The molecule has 2 heterocycles. The zero-order valence-corrected chi connectivity index (χ0v) is 17.7. The standard InChI is InChI=1S/C24H26N4O4/c25-12-17(10-15-4-2-1-3-5-15)22(30)26-13-16-6-7-19-18(11-16)14-28(24(19)32)20-8-9-21(29)27-23(20)31/h1-7,11,17,20H,8-10,12-14,25H2,(H,26,30)(H,27,29,31). The van der Waals surface area contributed by atoms with Gasteiger partial charge in [-0.3, -0.25) is 24.5 Å². The van der Waals surface area contributed by atoms with Gasteiger partial charge < -0.3 is 16.0 Å². The molecule has 1 saturated heterocycles. The monoisotopic (exact) mass is 434 g/mol. The summed E-state index contributed by atoms with van der Waals surface area (Å²) in [6, 6.07) is 14.5. The van der Waals surface area contributed by atoms with Crippen molar-refractivity contribution in [2.45, 2.75) is 38.4 Å². The number of fused-ring (bicyclic) bond motifs is 1. The molecular formula is C24H26N4O4. The summed E-state index contributed by atoms with van der Waals surface area (Å²) in [6.07, 6.45) is 1.12. The number of carbonyl (C=O) groups is 4. The number of amides is 4. The first-order chi connectivity index (χ1) is 15.5. The average molecular weight is 434 g/mol. The van der Waals surface area contributed by atoms with Crippen molar-refractivity contribution in [1.29, 1.82) is 0 Å². The quantitative estimate of drug-likeness (QED) is 0.559. The summed E-state index contributed by atoms with van der Waals surface area (Å²) in [7, 11) is 0. The number of nitrogens with two attached hydrogens (primary N) is 1. The Morgan fingerprint density at radius 1 is 1.12 bits per heavy atom. The highest BCUT2D eigenvalue weighted by Crippen LogP contribution is 2.28. The number of nitrogens with one attached hydrogen (secondary N) is 2. The third-order valence-electron chi connectivity index (χ3n) is 6.03. The van der Waals surface area contributed by atoms with Gasteiger partial charge in [-0.25, -0.2) is 0 Å². The summed E-state index contributed by atoms with van der Waals surface area (Å²) < 4.78 is 0. The molecule has 2 atom stereocenters. The van der Waals surface area contributed by atoms with E-state index in [1.165, 1.54) is 4.90 Å². The molecule has 4 amide bonds. The van der Waals surface area contributed by atoms with Gasteiger partial charge in [0, 0.05) is 31.6 Å². The Bertz CT molecular complexity index is 1050. The summed E-state index contributed by atoms with van der Waals surface area (Å²) in [5.41, 5.74) is 9.11. The second-order valence-electron chi connectivity index (χ2n) is 8.23. The van der Waals surface area contributed by atoms with Crippen LogP contribution in [-0.4, -0.2) is 41.1 Å². The Balaban J connectivity index is 1.38. The van der Waals surface area contributed by atoms with Gasteiger partial charge in [0.1, 0.15) is 6.04 Å². The molecule has 2 aromatic carbocycles. The van der Waals surface area contributed by atoms with Crippen LogP contribution in [0, 0.1) is 5.92 Å². The molecule has 4 N–H and O–H groups in total. The van der Waals surface area contributed by atoms with E-state index in [4.69, 9.17) is 5.73 Å². The lowest BCUT2D eigenvalue weighted by Gasteiger charge is -2.29. The normalized spacial score (nSPS) is 18.8. The molecule has 8 nitrogen and oxygen atoms in total. The molecule has 0 saturated carbocycles. The molecule has 0 aromatic heterocycles. The largest absolute Gasteiger partial charge is 0.352 e. The number of rotatable bonds is 7. The zero-order valence-electron chi connectivity index (χ0n) is 17.7. The van der Waals surface area contributed by atoms with Crippen molar-refractivity contribution in [2.24, 2.45) is 11.7 Å². The molecule has 0 radical (unpaired) electrons. The van der Waals surface area contributed by atoms with Crippen LogP contribution in [0.1, 0.15) is 39.9 Å². The van der Waals surface area contributed by atoms with Gasteiger partial charge in [0.05, 0.1) is 5.92 Å². The number of hydrogen-bond acceptors (Lipinski definition) is 5. The highest BCUT2D eigenvalue weighted by molar-refractivity contribution is 6.05. The van der Waals surface area contributed by atoms with Crippen molar-refractivity contribution in [1.82, 2.24) is 15.5 Å². The second-order valence-corrected chi connectivity index (χ2v) is 8.23. The molecule has 166 valence electrons. The van der Waals surface area contributed by atoms with E-state index >= 15 is 0 Å².